The largest absolute Gasteiger partial charge is 0.366 e. The molecule has 0 saturated heterocycles. The average Bonchev–Trinajstić information content (AvgIpc) is 2.66. The standard InChI is InChI=1S/C11H15BrN2/c1-8-6-7-13-11(10(8)12)14-9-4-2-3-5-9/h6-7,9H,2-5H2,1H3,(H,13,14). The molecule has 0 aliphatic heterocycles. The number of aromatic nitrogens is 1. The van der Waals surface area contributed by atoms with E-state index in [1.165, 1.54) is 31.2 Å². The minimum Gasteiger partial charge on any atom is -0.366 e. The molecule has 1 aromatic heterocycles. The number of aryl methyl sites for hydroxylation is 1. The molecule has 0 aromatic carbocycles. The van der Waals surface area contributed by atoms with E-state index in [9.17, 15) is 0 Å². The summed E-state index contributed by atoms with van der Waals surface area (Å²) in [7, 11) is 0. The molecule has 1 saturated carbocycles. The van der Waals surface area contributed by atoms with E-state index >= 15 is 0 Å². The molecule has 3 heteroatoms. The van der Waals surface area contributed by atoms with Crippen molar-refractivity contribution in [1.82, 2.24) is 4.98 Å². The van der Waals surface area contributed by atoms with E-state index in [2.05, 4.69) is 33.2 Å². The third-order valence-corrected chi connectivity index (χ3v) is 3.78. The first kappa shape index (κ1) is 9.97. The highest BCUT2D eigenvalue weighted by molar-refractivity contribution is 9.10. The molecule has 76 valence electrons. The van der Waals surface area contributed by atoms with Gasteiger partial charge in [-0.15, -0.1) is 0 Å². The summed E-state index contributed by atoms with van der Waals surface area (Å²) in [6.45, 7) is 2.09. The van der Waals surface area contributed by atoms with Crippen LogP contribution in [-0.2, 0) is 0 Å². The van der Waals surface area contributed by atoms with Gasteiger partial charge in [0.05, 0.1) is 4.47 Å². The molecule has 0 bridgehead atoms. The van der Waals surface area contributed by atoms with Gasteiger partial charge < -0.3 is 5.32 Å². The molecule has 0 radical (unpaired) electrons. The summed E-state index contributed by atoms with van der Waals surface area (Å²) in [4.78, 5) is 4.34. The summed E-state index contributed by atoms with van der Waals surface area (Å²) < 4.78 is 1.10. The Kier molecular flexibility index (Phi) is 3.06. The molecule has 14 heavy (non-hydrogen) atoms. The average molecular weight is 255 g/mol. The van der Waals surface area contributed by atoms with Gasteiger partial charge in [-0.25, -0.2) is 4.98 Å². The first-order chi connectivity index (χ1) is 6.77. The maximum Gasteiger partial charge on any atom is 0.140 e. The molecule has 1 heterocycles. The van der Waals surface area contributed by atoms with Crippen LogP contribution in [0.2, 0.25) is 0 Å². The molecule has 0 spiro atoms. The summed E-state index contributed by atoms with van der Waals surface area (Å²) in [5.41, 5.74) is 1.24. The Morgan fingerprint density at radius 1 is 1.43 bits per heavy atom. The maximum atomic E-state index is 4.34. The summed E-state index contributed by atoms with van der Waals surface area (Å²) in [5, 5.41) is 3.49. The van der Waals surface area contributed by atoms with Crippen molar-refractivity contribution >= 4 is 21.7 Å². The van der Waals surface area contributed by atoms with Crippen LogP contribution in [0.1, 0.15) is 31.2 Å². The predicted molar refractivity (Wildman–Crippen MR) is 62.6 cm³/mol. The first-order valence-corrected chi connectivity index (χ1v) is 5.94. The highest BCUT2D eigenvalue weighted by Crippen LogP contribution is 2.27. The lowest BCUT2D eigenvalue weighted by molar-refractivity contribution is 0.749. The number of anilines is 1. The second-order valence-corrected chi connectivity index (χ2v) is 4.71. The van der Waals surface area contributed by atoms with Gasteiger partial charge in [0.25, 0.3) is 0 Å². The van der Waals surface area contributed by atoms with E-state index in [4.69, 9.17) is 0 Å². The van der Waals surface area contributed by atoms with E-state index in [0.717, 1.165) is 10.3 Å². The van der Waals surface area contributed by atoms with Gasteiger partial charge in [0, 0.05) is 12.2 Å². The number of nitrogens with one attached hydrogen (secondary N) is 1. The van der Waals surface area contributed by atoms with Crippen LogP contribution in [0.3, 0.4) is 0 Å². The molecule has 1 aliphatic carbocycles. The normalized spacial score (nSPS) is 17.3. The quantitative estimate of drug-likeness (QED) is 0.874. The van der Waals surface area contributed by atoms with E-state index < -0.39 is 0 Å². The fourth-order valence-corrected chi connectivity index (χ4v) is 2.25. The fourth-order valence-electron chi connectivity index (χ4n) is 1.90. The monoisotopic (exact) mass is 254 g/mol. The first-order valence-electron chi connectivity index (χ1n) is 5.15. The van der Waals surface area contributed by atoms with Crippen molar-refractivity contribution in [2.75, 3.05) is 5.32 Å². The Bertz CT molecular complexity index is 319. The smallest absolute Gasteiger partial charge is 0.140 e. The van der Waals surface area contributed by atoms with E-state index in [1.54, 1.807) is 0 Å². The topological polar surface area (TPSA) is 24.9 Å². The van der Waals surface area contributed by atoms with E-state index in [1.807, 2.05) is 12.3 Å². The van der Waals surface area contributed by atoms with Crippen LogP contribution in [0.25, 0.3) is 0 Å². The molecule has 1 aromatic rings. The Balaban J connectivity index is 2.11. The second kappa shape index (κ2) is 4.30. The molecular formula is C11H15BrN2. The molecule has 2 rings (SSSR count). The number of halogens is 1. The molecular weight excluding hydrogens is 240 g/mol. The minimum atomic E-state index is 0.626. The Hall–Kier alpha value is -0.570. The number of rotatable bonds is 2. The van der Waals surface area contributed by atoms with Gasteiger partial charge in [0.15, 0.2) is 0 Å². The SMILES string of the molecule is Cc1ccnc(NC2CCCC2)c1Br. The van der Waals surface area contributed by atoms with Crippen LogP contribution in [0.4, 0.5) is 5.82 Å². The third-order valence-electron chi connectivity index (χ3n) is 2.78. The summed E-state index contributed by atoms with van der Waals surface area (Å²) >= 11 is 3.56. The molecule has 1 aliphatic rings. The van der Waals surface area contributed by atoms with Crippen molar-refractivity contribution in [2.45, 2.75) is 38.6 Å². The van der Waals surface area contributed by atoms with Gasteiger partial charge in [-0.05, 0) is 47.3 Å². The lowest BCUT2D eigenvalue weighted by Gasteiger charge is -2.14. The second-order valence-electron chi connectivity index (χ2n) is 3.92. The van der Waals surface area contributed by atoms with Crippen LogP contribution in [0.5, 0.6) is 0 Å². The molecule has 0 atom stereocenters. The van der Waals surface area contributed by atoms with Gasteiger partial charge in [-0.3, -0.25) is 0 Å². The van der Waals surface area contributed by atoms with Crippen molar-refractivity contribution < 1.29 is 0 Å². The summed E-state index contributed by atoms with van der Waals surface area (Å²) in [5.74, 6) is 0.997. The predicted octanol–water partition coefficient (Wildman–Crippen LogP) is 3.51. The van der Waals surface area contributed by atoms with Gasteiger partial charge in [-0.1, -0.05) is 12.8 Å². The van der Waals surface area contributed by atoms with Crippen LogP contribution in [-0.4, -0.2) is 11.0 Å². The van der Waals surface area contributed by atoms with Crippen LogP contribution < -0.4 is 5.32 Å². The van der Waals surface area contributed by atoms with Crippen molar-refractivity contribution in [1.29, 1.82) is 0 Å². The lowest BCUT2D eigenvalue weighted by atomic mass is 10.2. The van der Waals surface area contributed by atoms with Crippen molar-refractivity contribution in [3.05, 3.63) is 22.3 Å². The number of nitrogens with zero attached hydrogens (tertiary/aromatic N) is 1. The molecule has 2 nitrogen and oxygen atoms in total. The van der Waals surface area contributed by atoms with Gasteiger partial charge in [0.2, 0.25) is 0 Å². The van der Waals surface area contributed by atoms with Crippen LogP contribution >= 0.6 is 15.9 Å². The number of hydrogen-bond donors (Lipinski definition) is 1. The molecule has 1 N–H and O–H groups in total. The zero-order chi connectivity index (χ0) is 9.97. The molecule has 0 unspecified atom stereocenters. The third kappa shape index (κ3) is 2.08. The highest BCUT2D eigenvalue weighted by Gasteiger charge is 2.16. The lowest BCUT2D eigenvalue weighted by Crippen LogP contribution is -2.15. The van der Waals surface area contributed by atoms with E-state index in [-0.39, 0.29) is 0 Å². The molecule has 1 fully saturated rings. The van der Waals surface area contributed by atoms with Crippen molar-refractivity contribution in [2.24, 2.45) is 0 Å². The number of pyridine rings is 1. The fraction of sp³-hybridized carbons (Fsp3) is 0.545. The molecule has 0 amide bonds. The zero-order valence-corrected chi connectivity index (χ0v) is 9.97. The van der Waals surface area contributed by atoms with E-state index in [0.29, 0.717) is 6.04 Å². The number of hydrogen-bond acceptors (Lipinski definition) is 2. The zero-order valence-electron chi connectivity index (χ0n) is 8.39. The Labute approximate surface area is 93.3 Å². The van der Waals surface area contributed by atoms with Gasteiger partial charge in [-0.2, -0.15) is 0 Å². The van der Waals surface area contributed by atoms with Gasteiger partial charge in [0.1, 0.15) is 5.82 Å². The minimum absolute atomic E-state index is 0.626. The maximum absolute atomic E-state index is 4.34. The van der Waals surface area contributed by atoms with Crippen LogP contribution in [0, 0.1) is 6.92 Å². The summed E-state index contributed by atoms with van der Waals surface area (Å²) in [6.07, 6.45) is 7.11. The van der Waals surface area contributed by atoms with Gasteiger partial charge >= 0.3 is 0 Å². The van der Waals surface area contributed by atoms with Crippen LogP contribution in [0.15, 0.2) is 16.7 Å². The van der Waals surface area contributed by atoms with Crippen molar-refractivity contribution in [3.8, 4) is 0 Å². The highest BCUT2D eigenvalue weighted by atomic mass is 79.9. The van der Waals surface area contributed by atoms with Crippen molar-refractivity contribution in [3.63, 3.8) is 0 Å². The Morgan fingerprint density at radius 3 is 2.86 bits per heavy atom. The summed E-state index contributed by atoms with van der Waals surface area (Å²) in [6, 6.07) is 2.64. The Morgan fingerprint density at radius 2 is 2.14 bits per heavy atom.